The standard InChI is InChI=1S/C17H22N4O2/c1-12(17-19-7-8-20-17)11-21-15(22)10-14(16(18)23)9-13-5-3-2-4-6-13/h2-8,12,14H,9-11H2,1H3,(H2,18,23)(H,19,20)(H,21,22)/t12?,14-/m1/s1. The first-order valence-corrected chi connectivity index (χ1v) is 7.65. The molecule has 1 heterocycles. The molecule has 1 aromatic heterocycles. The van der Waals surface area contributed by atoms with Gasteiger partial charge in [0.2, 0.25) is 11.8 Å². The van der Waals surface area contributed by atoms with Crippen molar-refractivity contribution in [2.24, 2.45) is 11.7 Å². The molecule has 2 aromatic rings. The average Bonchev–Trinajstić information content (AvgIpc) is 3.07. The summed E-state index contributed by atoms with van der Waals surface area (Å²) in [6.45, 7) is 2.43. The van der Waals surface area contributed by atoms with Crippen LogP contribution in [0.25, 0.3) is 0 Å². The van der Waals surface area contributed by atoms with Crippen LogP contribution in [-0.2, 0) is 16.0 Å². The van der Waals surface area contributed by atoms with Crippen molar-refractivity contribution in [2.45, 2.75) is 25.7 Å². The highest BCUT2D eigenvalue weighted by molar-refractivity contribution is 5.85. The highest BCUT2D eigenvalue weighted by Gasteiger charge is 2.20. The Morgan fingerprint density at radius 3 is 2.65 bits per heavy atom. The number of carbonyl (C=O) groups excluding carboxylic acids is 2. The minimum Gasteiger partial charge on any atom is -0.369 e. The van der Waals surface area contributed by atoms with E-state index in [-0.39, 0.29) is 18.2 Å². The number of imidazole rings is 1. The smallest absolute Gasteiger partial charge is 0.221 e. The molecule has 0 spiro atoms. The van der Waals surface area contributed by atoms with Crippen molar-refractivity contribution in [1.82, 2.24) is 15.3 Å². The molecule has 1 unspecified atom stereocenters. The number of amides is 2. The summed E-state index contributed by atoms with van der Waals surface area (Å²) in [5, 5.41) is 2.84. The van der Waals surface area contributed by atoms with Gasteiger partial charge in [0.25, 0.3) is 0 Å². The number of hydrogen-bond donors (Lipinski definition) is 3. The van der Waals surface area contributed by atoms with Gasteiger partial charge in [-0.15, -0.1) is 0 Å². The second kappa shape index (κ2) is 8.12. The summed E-state index contributed by atoms with van der Waals surface area (Å²) in [5.41, 5.74) is 6.43. The first kappa shape index (κ1) is 16.7. The van der Waals surface area contributed by atoms with Gasteiger partial charge in [0.15, 0.2) is 0 Å². The van der Waals surface area contributed by atoms with E-state index in [0.29, 0.717) is 13.0 Å². The van der Waals surface area contributed by atoms with Crippen molar-refractivity contribution >= 4 is 11.8 Å². The van der Waals surface area contributed by atoms with Crippen molar-refractivity contribution in [3.05, 3.63) is 54.1 Å². The van der Waals surface area contributed by atoms with E-state index in [0.717, 1.165) is 11.4 Å². The Morgan fingerprint density at radius 2 is 2.04 bits per heavy atom. The number of aromatic amines is 1. The summed E-state index contributed by atoms with van der Waals surface area (Å²) in [5.74, 6) is -0.237. The third-order valence-corrected chi connectivity index (χ3v) is 3.75. The van der Waals surface area contributed by atoms with Gasteiger partial charge < -0.3 is 16.0 Å². The molecule has 4 N–H and O–H groups in total. The molecule has 1 aromatic carbocycles. The molecule has 0 aliphatic rings. The minimum atomic E-state index is -0.503. The fraction of sp³-hybridized carbons (Fsp3) is 0.353. The Bertz CT molecular complexity index is 625. The van der Waals surface area contributed by atoms with Gasteiger partial charge in [0.1, 0.15) is 5.82 Å². The second-order valence-corrected chi connectivity index (χ2v) is 5.67. The van der Waals surface area contributed by atoms with Crippen LogP contribution in [0.15, 0.2) is 42.7 Å². The molecular formula is C17H22N4O2. The zero-order valence-electron chi connectivity index (χ0n) is 13.2. The molecule has 0 bridgehead atoms. The van der Waals surface area contributed by atoms with Gasteiger partial charge in [-0.05, 0) is 12.0 Å². The Balaban J connectivity index is 1.84. The zero-order chi connectivity index (χ0) is 16.7. The number of nitrogens with two attached hydrogens (primary N) is 1. The SMILES string of the molecule is CC(CNC(=O)C[C@@H](Cc1ccccc1)C(N)=O)c1ncc[nH]1. The molecule has 6 nitrogen and oxygen atoms in total. The highest BCUT2D eigenvalue weighted by atomic mass is 16.2. The van der Waals surface area contributed by atoms with E-state index in [1.807, 2.05) is 37.3 Å². The first-order valence-electron chi connectivity index (χ1n) is 7.65. The molecule has 0 aliphatic heterocycles. The number of nitrogens with zero attached hydrogens (tertiary/aromatic N) is 1. The summed E-state index contributed by atoms with van der Waals surface area (Å²) < 4.78 is 0. The van der Waals surface area contributed by atoms with E-state index < -0.39 is 11.8 Å². The van der Waals surface area contributed by atoms with Crippen LogP contribution in [0, 0.1) is 5.92 Å². The summed E-state index contributed by atoms with van der Waals surface area (Å²) in [4.78, 5) is 30.8. The number of aromatic nitrogens is 2. The third-order valence-electron chi connectivity index (χ3n) is 3.75. The van der Waals surface area contributed by atoms with Crippen molar-refractivity contribution < 1.29 is 9.59 Å². The van der Waals surface area contributed by atoms with Crippen LogP contribution < -0.4 is 11.1 Å². The molecule has 2 atom stereocenters. The molecule has 6 heteroatoms. The lowest BCUT2D eigenvalue weighted by atomic mass is 9.95. The van der Waals surface area contributed by atoms with Crippen molar-refractivity contribution in [3.63, 3.8) is 0 Å². The quantitative estimate of drug-likeness (QED) is 0.686. The molecular weight excluding hydrogens is 292 g/mol. The van der Waals surface area contributed by atoms with Gasteiger partial charge >= 0.3 is 0 Å². The largest absolute Gasteiger partial charge is 0.369 e. The lowest BCUT2D eigenvalue weighted by Gasteiger charge is -2.15. The molecule has 0 saturated heterocycles. The molecule has 2 rings (SSSR count). The molecule has 0 saturated carbocycles. The van der Waals surface area contributed by atoms with Gasteiger partial charge in [-0.2, -0.15) is 0 Å². The Morgan fingerprint density at radius 1 is 1.30 bits per heavy atom. The van der Waals surface area contributed by atoms with E-state index in [1.54, 1.807) is 12.4 Å². The second-order valence-electron chi connectivity index (χ2n) is 5.67. The van der Waals surface area contributed by atoms with Gasteiger partial charge in [-0.1, -0.05) is 37.3 Å². The number of nitrogens with one attached hydrogen (secondary N) is 2. The number of H-pyrrole nitrogens is 1. The van der Waals surface area contributed by atoms with Crippen LogP contribution in [-0.4, -0.2) is 28.3 Å². The van der Waals surface area contributed by atoms with Crippen molar-refractivity contribution in [2.75, 3.05) is 6.54 Å². The summed E-state index contributed by atoms with van der Waals surface area (Å²) >= 11 is 0. The average molecular weight is 314 g/mol. The number of primary amides is 1. The Labute approximate surface area is 135 Å². The van der Waals surface area contributed by atoms with Gasteiger partial charge in [-0.25, -0.2) is 4.98 Å². The maximum absolute atomic E-state index is 12.1. The van der Waals surface area contributed by atoms with Gasteiger partial charge in [0.05, 0.1) is 5.92 Å². The monoisotopic (exact) mass is 314 g/mol. The lowest BCUT2D eigenvalue weighted by molar-refractivity contribution is -0.128. The maximum atomic E-state index is 12.1. The van der Waals surface area contributed by atoms with Crippen LogP contribution >= 0.6 is 0 Å². The maximum Gasteiger partial charge on any atom is 0.221 e. The molecule has 23 heavy (non-hydrogen) atoms. The number of benzene rings is 1. The van der Waals surface area contributed by atoms with Crippen LogP contribution in [0.5, 0.6) is 0 Å². The molecule has 2 amide bonds. The zero-order valence-corrected chi connectivity index (χ0v) is 13.2. The van der Waals surface area contributed by atoms with Crippen LogP contribution in [0.1, 0.15) is 30.7 Å². The number of rotatable bonds is 8. The van der Waals surface area contributed by atoms with Crippen LogP contribution in [0.3, 0.4) is 0 Å². The number of carbonyl (C=O) groups is 2. The highest BCUT2D eigenvalue weighted by Crippen LogP contribution is 2.13. The predicted octanol–water partition coefficient (Wildman–Crippen LogP) is 1.36. The number of hydrogen-bond acceptors (Lipinski definition) is 3. The third kappa shape index (κ3) is 5.25. The van der Waals surface area contributed by atoms with E-state index in [4.69, 9.17) is 5.73 Å². The van der Waals surface area contributed by atoms with Gasteiger partial charge in [-0.3, -0.25) is 9.59 Å². The summed E-state index contributed by atoms with van der Waals surface area (Å²) in [7, 11) is 0. The summed E-state index contributed by atoms with van der Waals surface area (Å²) in [6.07, 6.45) is 3.99. The van der Waals surface area contributed by atoms with E-state index in [9.17, 15) is 9.59 Å². The van der Waals surface area contributed by atoms with Crippen molar-refractivity contribution in [3.8, 4) is 0 Å². The van der Waals surface area contributed by atoms with E-state index in [2.05, 4.69) is 15.3 Å². The minimum absolute atomic E-state index is 0.0788. The molecule has 122 valence electrons. The normalized spacial score (nSPS) is 13.3. The summed E-state index contributed by atoms with van der Waals surface area (Å²) in [6, 6.07) is 9.56. The first-order chi connectivity index (χ1) is 11.1. The van der Waals surface area contributed by atoms with Gasteiger partial charge in [0, 0.05) is 31.3 Å². The van der Waals surface area contributed by atoms with E-state index >= 15 is 0 Å². The predicted molar refractivity (Wildman–Crippen MR) is 87.5 cm³/mol. The fourth-order valence-corrected chi connectivity index (χ4v) is 2.38. The Hall–Kier alpha value is -2.63. The molecule has 0 radical (unpaired) electrons. The molecule has 0 aliphatic carbocycles. The van der Waals surface area contributed by atoms with Crippen LogP contribution in [0.2, 0.25) is 0 Å². The Kier molecular flexibility index (Phi) is 5.91. The fourth-order valence-electron chi connectivity index (χ4n) is 2.38. The molecule has 0 fully saturated rings. The van der Waals surface area contributed by atoms with Crippen LogP contribution in [0.4, 0.5) is 0 Å². The lowest BCUT2D eigenvalue weighted by Crippen LogP contribution is -2.34. The van der Waals surface area contributed by atoms with E-state index in [1.165, 1.54) is 0 Å². The topological polar surface area (TPSA) is 101 Å². The van der Waals surface area contributed by atoms with Crippen molar-refractivity contribution in [1.29, 1.82) is 0 Å².